The van der Waals surface area contributed by atoms with Crippen LogP contribution < -0.4 is 0 Å². The van der Waals surface area contributed by atoms with Crippen LogP contribution in [0.2, 0.25) is 0 Å². The number of hydrogen-bond donors (Lipinski definition) is 0. The molecule has 0 aromatic heterocycles. The molecule has 0 saturated carbocycles. The Bertz CT molecular complexity index is 553. The SMILES string of the molecule is CCN(CC(=O)N(C)C)S(=O)(=O)c1ccccc1C. The number of benzene rings is 1. The van der Waals surface area contributed by atoms with Crippen molar-refractivity contribution in [2.75, 3.05) is 27.2 Å². The van der Waals surface area contributed by atoms with Gasteiger partial charge in [-0.1, -0.05) is 25.1 Å². The van der Waals surface area contributed by atoms with Crippen molar-refractivity contribution in [2.45, 2.75) is 18.7 Å². The van der Waals surface area contributed by atoms with E-state index < -0.39 is 10.0 Å². The van der Waals surface area contributed by atoms with E-state index in [-0.39, 0.29) is 23.9 Å². The van der Waals surface area contributed by atoms with Crippen LogP contribution in [0.4, 0.5) is 0 Å². The number of aryl methyl sites for hydroxylation is 1. The Morgan fingerprint density at radius 3 is 2.26 bits per heavy atom. The first-order chi connectivity index (χ1) is 8.80. The molecule has 0 spiro atoms. The summed E-state index contributed by atoms with van der Waals surface area (Å²) in [5, 5.41) is 0. The van der Waals surface area contributed by atoms with Crippen molar-refractivity contribution in [2.24, 2.45) is 0 Å². The van der Waals surface area contributed by atoms with Crippen LogP contribution in [-0.2, 0) is 14.8 Å². The van der Waals surface area contributed by atoms with E-state index in [1.807, 2.05) is 0 Å². The zero-order chi connectivity index (χ0) is 14.6. The number of amides is 1. The molecular formula is C13H20N2O3S. The minimum Gasteiger partial charge on any atom is -0.348 e. The average molecular weight is 284 g/mol. The number of nitrogens with zero attached hydrogens (tertiary/aromatic N) is 2. The summed E-state index contributed by atoms with van der Waals surface area (Å²) in [4.78, 5) is 13.3. The molecule has 0 saturated heterocycles. The lowest BCUT2D eigenvalue weighted by atomic mass is 10.2. The molecule has 0 aliphatic heterocycles. The fraction of sp³-hybridized carbons (Fsp3) is 0.462. The van der Waals surface area contributed by atoms with Gasteiger partial charge in [-0.3, -0.25) is 4.79 Å². The molecule has 0 N–H and O–H groups in total. The quantitative estimate of drug-likeness (QED) is 0.813. The van der Waals surface area contributed by atoms with Crippen molar-refractivity contribution in [3.63, 3.8) is 0 Å². The summed E-state index contributed by atoms with van der Waals surface area (Å²) in [6.45, 7) is 3.59. The average Bonchev–Trinajstić information content (AvgIpc) is 2.35. The van der Waals surface area contributed by atoms with Crippen molar-refractivity contribution < 1.29 is 13.2 Å². The van der Waals surface area contributed by atoms with Gasteiger partial charge < -0.3 is 4.90 Å². The maximum absolute atomic E-state index is 12.5. The fourth-order valence-corrected chi connectivity index (χ4v) is 3.27. The minimum atomic E-state index is -3.62. The van der Waals surface area contributed by atoms with Crippen LogP contribution in [0.15, 0.2) is 29.2 Å². The second-order valence-corrected chi connectivity index (χ2v) is 6.39. The van der Waals surface area contributed by atoms with Gasteiger partial charge in [0, 0.05) is 20.6 Å². The molecular weight excluding hydrogens is 264 g/mol. The van der Waals surface area contributed by atoms with Gasteiger partial charge in [0.1, 0.15) is 0 Å². The number of likely N-dealkylation sites (N-methyl/N-ethyl adjacent to an activating group) is 2. The third-order valence-electron chi connectivity index (χ3n) is 2.87. The van der Waals surface area contributed by atoms with Crippen LogP contribution >= 0.6 is 0 Å². The monoisotopic (exact) mass is 284 g/mol. The highest BCUT2D eigenvalue weighted by Crippen LogP contribution is 2.19. The lowest BCUT2D eigenvalue weighted by molar-refractivity contribution is -0.128. The highest BCUT2D eigenvalue weighted by atomic mass is 32.2. The normalized spacial score (nSPS) is 11.6. The molecule has 0 aliphatic carbocycles. The molecule has 1 amide bonds. The summed E-state index contributed by atoms with van der Waals surface area (Å²) >= 11 is 0. The van der Waals surface area contributed by atoms with E-state index >= 15 is 0 Å². The largest absolute Gasteiger partial charge is 0.348 e. The Morgan fingerprint density at radius 2 is 1.79 bits per heavy atom. The number of carbonyl (C=O) groups excluding carboxylic acids is 1. The van der Waals surface area contributed by atoms with Gasteiger partial charge in [0.05, 0.1) is 11.4 Å². The summed E-state index contributed by atoms with van der Waals surface area (Å²) in [6.07, 6.45) is 0. The van der Waals surface area contributed by atoms with Gasteiger partial charge in [0.15, 0.2) is 0 Å². The topological polar surface area (TPSA) is 57.7 Å². The van der Waals surface area contributed by atoms with Crippen LogP contribution in [0.25, 0.3) is 0 Å². The van der Waals surface area contributed by atoms with Crippen molar-refractivity contribution in [1.82, 2.24) is 9.21 Å². The van der Waals surface area contributed by atoms with Gasteiger partial charge in [-0.2, -0.15) is 4.31 Å². The van der Waals surface area contributed by atoms with Gasteiger partial charge >= 0.3 is 0 Å². The first kappa shape index (κ1) is 15.7. The fourth-order valence-electron chi connectivity index (χ4n) is 1.64. The van der Waals surface area contributed by atoms with Gasteiger partial charge in [0.2, 0.25) is 15.9 Å². The van der Waals surface area contributed by atoms with Crippen molar-refractivity contribution in [1.29, 1.82) is 0 Å². The summed E-state index contributed by atoms with van der Waals surface area (Å²) < 4.78 is 26.2. The van der Waals surface area contributed by atoms with Gasteiger partial charge in [-0.15, -0.1) is 0 Å². The third kappa shape index (κ3) is 3.54. The molecule has 6 heteroatoms. The number of rotatable bonds is 5. The van der Waals surface area contributed by atoms with E-state index in [0.717, 1.165) is 0 Å². The molecule has 0 unspecified atom stereocenters. The summed E-state index contributed by atoms with van der Waals surface area (Å²) in [6, 6.07) is 6.78. The Balaban J connectivity index is 3.10. The number of carbonyl (C=O) groups is 1. The lowest BCUT2D eigenvalue weighted by Gasteiger charge is -2.22. The number of sulfonamides is 1. The van der Waals surface area contributed by atoms with Gasteiger partial charge in [-0.25, -0.2) is 8.42 Å². The summed E-state index contributed by atoms with van der Waals surface area (Å²) in [7, 11) is -0.409. The van der Waals surface area contributed by atoms with E-state index in [2.05, 4.69) is 0 Å². The molecule has 0 radical (unpaired) electrons. The maximum atomic E-state index is 12.5. The molecule has 0 aliphatic rings. The first-order valence-corrected chi connectivity index (χ1v) is 7.50. The standard InChI is InChI=1S/C13H20N2O3S/c1-5-15(10-13(16)14(3)4)19(17,18)12-9-7-6-8-11(12)2/h6-9H,5,10H2,1-4H3. The van der Waals surface area contributed by atoms with E-state index in [4.69, 9.17) is 0 Å². The van der Waals surface area contributed by atoms with Gasteiger partial charge in [-0.05, 0) is 18.6 Å². The molecule has 19 heavy (non-hydrogen) atoms. The second-order valence-electron chi connectivity index (χ2n) is 4.48. The molecule has 1 rings (SSSR count). The van der Waals surface area contributed by atoms with Crippen LogP contribution in [0, 0.1) is 6.92 Å². The van der Waals surface area contributed by atoms with E-state index in [1.165, 1.54) is 9.21 Å². The van der Waals surface area contributed by atoms with Crippen molar-refractivity contribution in [3.8, 4) is 0 Å². The van der Waals surface area contributed by atoms with E-state index in [1.54, 1.807) is 52.2 Å². The molecule has 5 nitrogen and oxygen atoms in total. The highest BCUT2D eigenvalue weighted by Gasteiger charge is 2.26. The van der Waals surface area contributed by atoms with E-state index in [9.17, 15) is 13.2 Å². The van der Waals surface area contributed by atoms with Crippen LogP contribution in [0.5, 0.6) is 0 Å². The third-order valence-corrected chi connectivity index (χ3v) is 4.96. The molecule has 0 fully saturated rings. The van der Waals surface area contributed by atoms with Crippen LogP contribution in [0.1, 0.15) is 12.5 Å². The number of hydrogen-bond acceptors (Lipinski definition) is 3. The van der Waals surface area contributed by atoms with Crippen LogP contribution in [0.3, 0.4) is 0 Å². The summed E-state index contributed by atoms with van der Waals surface area (Å²) in [5.41, 5.74) is 0.679. The Labute approximate surface area is 114 Å². The lowest BCUT2D eigenvalue weighted by Crippen LogP contribution is -2.40. The highest BCUT2D eigenvalue weighted by molar-refractivity contribution is 7.89. The van der Waals surface area contributed by atoms with Crippen molar-refractivity contribution in [3.05, 3.63) is 29.8 Å². The molecule has 106 valence electrons. The Hall–Kier alpha value is -1.40. The molecule has 0 bridgehead atoms. The summed E-state index contributed by atoms with van der Waals surface area (Å²) in [5.74, 6) is -0.237. The molecule has 0 atom stereocenters. The zero-order valence-electron chi connectivity index (χ0n) is 11.8. The minimum absolute atomic E-state index is 0.139. The maximum Gasteiger partial charge on any atom is 0.243 e. The smallest absolute Gasteiger partial charge is 0.243 e. The molecule has 1 aromatic carbocycles. The predicted octanol–water partition coefficient (Wildman–Crippen LogP) is 1.09. The molecule has 1 aromatic rings. The van der Waals surface area contributed by atoms with E-state index in [0.29, 0.717) is 5.56 Å². The Morgan fingerprint density at radius 1 is 1.21 bits per heavy atom. The van der Waals surface area contributed by atoms with Crippen molar-refractivity contribution >= 4 is 15.9 Å². The Kier molecular flexibility index (Phi) is 5.08. The predicted molar refractivity (Wildman–Crippen MR) is 74.3 cm³/mol. The second kappa shape index (κ2) is 6.16. The van der Waals surface area contributed by atoms with Gasteiger partial charge in [0.25, 0.3) is 0 Å². The zero-order valence-corrected chi connectivity index (χ0v) is 12.6. The molecule has 0 heterocycles. The first-order valence-electron chi connectivity index (χ1n) is 6.06. The van der Waals surface area contributed by atoms with Crippen LogP contribution in [-0.4, -0.2) is 50.7 Å².